The summed E-state index contributed by atoms with van der Waals surface area (Å²) in [6, 6.07) is 19.5. The highest BCUT2D eigenvalue weighted by atomic mass is 16.5. The van der Waals surface area contributed by atoms with E-state index >= 15 is 0 Å². The van der Waals surface area contributed by atoms with Crippen LogP contribution in [0.25, 0.3) is 22.6 Å². The van der Waals surface area contributed by atoms with Gasteiger partial charge in [0.25, 0.3) is 0 Å². The summed E-state index contributed by atoms with van der Waals surface area (Å²) in [6.45, 7) is 1.61. The number of hydrogen-bond donors (Lipinski definition) is 1. The van der Waals surface area contributed by atoms with E-state index < -0.39 is 23.7 Å². The third-order valence-corrected chi connectivity index (χ3v) is 9.79. The number of oxazole rings is 1. The number of amides is 2. The number of ketones is 2. The second-order valence-corrected chi connectivity index (χ2v) is 12.2. The highest BCUT2D eigenvalue weighted by Gasteiger charge is 2.57. The maximum Gasteiger partial charge on any atom is 0.238 e. The molecule has 2 amide bonds. The van der Waals surface area contributed by atoms with Crippen LogP contribution in [0.1, 0.15) is 31.2 Å². The van der Waals surface area contributed by atoms with Gasteiger partial charge in [-0.05, 0) is 74.2 Å². The Morgan fingerprint density at radius 2 is 1.72 bits per heavy atom. The fourth-order valence-electron chi connectivity index (χ4n) is 7.66. The van der Waals surface area contributed by atoms with Crippen molar-refractivity contribution in [3.8, 4) is 23.0 Å². The van der Waals surface area contributed by atoms with Crippen molar-refractivity contribution < 1.29 is 33.4 Å². The van der Waals surface area contributed by atoms with E-state index in [4.69, 9.17) is 9.15 Å². The summed E-state index contributed by atoms with van der Waals surface area (Å²) in [4.78, 5) is 60.9. The molecule has 9 heteroatoms. The summed E-state index contributed by atoms with van der Waals surface area (Å²) in [5, 5.41) is 11.2. The molecule has 4 aliphatic rings. The Kier molecular flexibility index (Phi) is 6.22. The maximum atomic E-state index is 14.2. The van der Waals surface area contributed by atoms with Crippen molar-refractivity contribution >= 4 is 40.2 Å². The molecule has 3 aromatic carbocycles. The number of anilines is 1. The smallest absolute Gasteiger partial charge is 0.238 e. The van der Waals surface area contributed by atoms with Gasteiger partial charge in [-0.1, -0.05) is 35.9 Å². The van der Waals surface area contributed by atoms with E-state index in [0.29, 0.717) is 51.4 Å². The summed E-state index contributed by atoms with van der Waals surface area (Å²) < 4.78 is 11.3. The van der Waals surface area contributed by atoms with Crippen LogP contribution in [0.5, 0.6) is 11.5 Å². The van der Waals surface area contributed by atoms with E-state index in [1.807, 2.05) is 30.3 Å². The molecule has 46 heavy (non-hydrogen) atoms. The molecule has 1 saturated heterocycles. The number of aromatic hydroxyl groups is 1. The molecule has 1 fully saturated rings. The second-order valence-electron chi connectivity index (χ2n) is 12.2. The number of allylic oxidation sites excluding steroid dienone is 6. The number of ether oxygens (including phenoxy) is 1. The number of imide groups is 1. The number of fused-ring (bicyclic) bond motifs is 4. The van der Waals surface area contributed by atoms with E-state index in [1.54, 1.807) is 49.4 Å². The first kappa shape index (κ1) is 27.9. The Balaban J connectivity index is 1.17. The van der Waals surface area contributed by atoms with Crippen LogP contribution in [-0.4, -0.2) is 40.6 Å². The quantitative estimate of drug-likeness (QED) is 0.173. The van der Waals surface area contributed by atoms with Crippen molar-refractivity contribution in [3.63, 3.8) is 0 Å². The van der Waals surface area contributed by atoms with E-state index in [1.165, 1.54) is 18.1 Å². The number of aromatic nitrogens is 1. The molecular formula is C37H28N2O7. The van der Waals surface area contributed by atoms with Crippen LogP contribution < -0.4 is 9.64 Å². The van der Waals surface area contributed by atoms with Gasteiger partial charge in [-0.2, -0.15) is 0 Å². The molecule has 4 aromatic rings. The molecule has 4 unspecified atom stereocenters. The summed E-state index contributed by atoms with van der Waals surface area (Å²) in [5.74, 6) is -3.30. The number of methoxy groups -OCH3 is 1. The van der Waals surface area contributed by atoms with E-state index in [-0.39, 0.29) is 41.3 Å². The first-order valence-electron chi connectivity index (χ1n) is 15.2. The molecule has 0 spiro atoms. The molecule has 0 radical (unpaired) electrons. The molecule has 3 aliphatic carbocycles. The Bertz CT molecular complexity index is 2080. The van der Waals surface area contributed by atoms with E-state index in [9.17, 15) is 24.3 Å². The molecule has 228 valence electrons. The number of Topliss-reactive ketones (excluding diaryl/α,β-unsaturated/α-hetero) is 1. The first-order valence-corrected chi connectivity index (χ1v) is 15.2. The minimum Gasteiger partial charge on any atom is -0.504 e. The fourth-order valence-corrected chi connectivity index (χ4v) is 7.66. The second kappa shape index (κ2) is 10.2. The van der Waals surface area contributed by atoms with Gasteiger partial charge in [-0.3, -0.25) is 24.1 Å². The molecule has 9 nitrogen and oxygen atoms in total. The van der Waals surface area contributed by atoms with Crippen LogP contribution in [0.4, 0.5) is 5.69 Å². The predicted molar refractivity (Wildman–Crippen MR) is 168 cm³/mol. The summed E-state index contributed by atoms with van der Waals surface area (Å²) in [6.07, 6.45) is 3.71. The number of benzene rings is 3. The third kappa shape index (κ3) is 3.97. The minimum absolute atomic E-state index is 0.132. The standard InChI is InChI=1S/C37H28N2O7/c1-18-16-27(40)25-17-24-21(30(32(25)33(18)41)22-6-5-9-29(45-2)34(22)42)14-15-23-31(24)37(44)39(36(23)43)20-12-10-19(11-13-20)35-38-26-7-3-4-8-28(26)46-35/h3-14,16,23-24,30-31,42H,15,17H2,1-2H3. The van der Waals surface area contributed by atoms with Gasteiger partial charge in [0.1, 0.15) is 5.52 Å². The number of phenolic OH excluding ortho intramolecular Hbond substituents is 1. The van der Waals surface area contributed by atoms with E-state index in [2.05, 4.69) is 4.98 Å². The van der Waals surface area contributed by atoms with Crippen molar-refractivity contribution in [1.82, 2.24) is 4.98 Å². The maximum absolute atomic E-state index is 14.2. The van der Waals surface area contributed by atoms with Crippen LogP contribution in [0.3, 0.4) is 0 Å². The van der Waals surface area contributed by atoms with Gasteiger partial charge < -0.3 is 14.3 Å². The number of hydrogen-bond acceptors (Lipinski definition) is 8. The largest absolute Gasteiger partial charge is 0.504 e. The van der Waals surface area contributed by atoms with Crippen LogP contribution in [0, 0.1) is 17.8 Å². The lowest BCUT2D eigenvalue weighted by molar-refractivity contribution is -0.123. The summed E-state index contributed by atoms with van der Waals surface area (Å²) >= 11 is 0. The molecule has 1 aliphatic heterocycles. The molecule has 0 saturated carbocycles. The lowest BCUT2D eigenvalue weighted by Crippen LogP contribution is -2.39. The Morgan fingerprint density at radius 3 is 2.48 bits per heavy atom. The number of phenols is 1. The zero-order valence-corrected chi connectivity index (χ0v) is 25.0. The molecule has 8 rings (SSSR count). The van der Waals surface area contributed by atoms with Gasteiger partial charge in [0.15, 0.2) is 28.6 Å². The Labute approximate surface area is 263 Å². The molecule has 1 aromatic heterocycles. The number of nitrogens with zero attached hydrogens (tertiary/aromatic N) is 2. The highest BCUT2D eigenvalue weighted by molar-refractivity contribution is 6.25. The van der Waals surface area contributed by atoms with Crippen molar-refractivity contribution in [2.75, 3.05) is 12.0 Å². The monoisotopic (exact) mass is 612 g/mol. The summed E-state index contributed by atoms with van der Waals surface area (Å²) in [7, 11) is 1.44. The number of carbonyl (C=O) groups excluding carboxylic acids is 4. The topological polar surface area (TPSA) is 127 Å². The van der Waals surface area contributed by atoms with Gasteiger partial charge in [-0.15, -0.1) is 0 Å². The van der Waals surface area contributed by atoms with Crippen molar-refractivity contribution in [1.29, 1.82) is 0 Å². The average molecular weight is 613 g/mol. The summed E-state index contributed by atoms with van der Waals surface area (Å²) in [5.41, 5.74) is 4.67. The van der Waals surface area contributed by atoms with Crippen molar-refractivity contribution in [2.24, 2.45) is 17.8 Å². The first-order chi connectivity index (χ1) is 22.3. The highest BCUT2D eigenvalue weighted by Crippen LogP contribution is 2.57. The molecule has 1 N–H and O–H groups in total. The molecule has 4 atom stereocenters. The number of carbonyl (C=O) groups is 4. The molecular weight excluding hydrogens is 584 g/mol. The molecule has 2 heterocycles. The third-order valence-electron chi connectivity index (χ3n) is 9.79. The van der Waals surface area contributed by atoms with Crippen LogP contribution in [-0.2, 0) is 19.2 Å². The SMILES string of the molecule is COc1cccc(C2C3=CCC4C(=O)N(c5ccc(-c6nc7ccccc7o6)cc5)C(=O)C4C3CC3=C2C(=O)C(C)=CC3=O)c1O. The lowest BCUT2D eigenvalue weighted by atomic mass is 9.59. The van der Waals surface area contributed by atoms with E-state index in [0.717, 1.165) is 11.1 Å². The minimum atomic E-state index is -0.766. The zero-order chi connectivity index (χ0) is 31.9. The van der Waals surface area contributed by atoms with Gasteiger partial charge in [0, 0.05) is 33.8 Å². The predicted octanol–water partition coefficient (Wildman–Crippen LogP) is 5.84. The van der Waals surface area contributed by atoms with Gasteiger partial charge >= 0.3 is 0 Å². The Morgan fingerprint density at radius 1 is 0.935 bits per heavy atom. The van der Waals surface area contributed by atoms with Gasteiger partial charge in [-0.25, -0.2) is 4.98 Å². The van der Waals surface area contributed by atoms with Gasteiger partial charge in [0.05, 0.1) is 24.6 Å². The number of para-hydroxylation sites is 3. The zero-order valence-electron chi connectivity index (χ0n) is 25.0. The van der Waals surface area contributed by atoms with Gasteiger partial charge in [0.2, 0.25) is 17.7 Å². The average Bonchev–Trinajstić information content (AvgIpc) is 3.61. The van der Waals surface area contributed by atoms with Crippen LogP contribution >= 0.6 is 0 Å². The fraction of sp³-hybridized carbons (Fsp3) is 0.216. The van der Waals surface area contributed by atoms with Crippen LogP contribution in [0.2, 0.25) is 0 Å². The lowest BCUT2D eigenvalue weighted by Gasteiger charge is -2.42. The van der Waals surface area contributed by atoms with Crippen molar-refractivity contribution in [2.45, 2.75) is 25.7 Å². The molecule has 0 bridgehead atoms. The Hall–Kier alpha value is -5.57. The number of rotatable bonds is 4. The van der Waals surface area contributed by atoms with Crippen LogP contribution in [0.15, 0.2) is 106 Å². The normalized spacial score (nSPS) is 24.1. The van der Waals surface area contributed by atoms with Crippen molar-refractivity contribution in [3.05, 3.63) is 107 Å².